The maximum absolute atomic E-state index is 11.5. The predicted molar refractivity (Wildman–Crippen MR) is 69.4 cm³/mol. The number of hydrogen-bond donors (Lipinski definition) is 1. The van der Waals surface area contributed by atoms with E-state index in [1.54, 1.807) is 13.2 Å². The molecule has 1 aromatic rings. The Morgan fingerprint density at radius 2 is 2.12 bits per heavy atom. The highest BCUT2D eigenvalue weighted by molar-refractivity contribution is 5.80. The molecule has 0 aromatic heterocycles. The predicted octanol–water partition coefficient (Wildman–Crippen LogP) is 1.97. The van der Waals surface area contributed by atoms with E-state index in [2.05, 4.69) is 11.9 Å². The van der Waals surface area contributed by atoms with E-state index >= 15 is 0 Å². The number of rotatable bonds is 8. The van der Waals surface area contributed by atoms with Gasteiger partial charge >= 0.3 is 0 Å². The van der Waals surface area contributed by atoms with Crippen molar-refractivity contribution in [3.05, 3.63) is 42.5 Å². The first-order valence-electron chi connectivity index (χ1n) is 5.72. The topological polar surface area (TPSA) is 38.3 Å². The van der Waals surface area contributed by atoms with Gasteiger partial charge in [0.05, 0.1) is 13.7 Å². The summed E-state index contributed by atoms with van der Waals surface area (Å²) in [5.74, 6) is 1.07. The van der Waals surface area contributed by atoms with Crippen LogP contribution in [-0.2, 0) is 11.2 Å². The van der Waals surface area contributed by atoms with Crippen molar-refractivity contribution >= 4 is 5.78 Å². The summed E-state index contributed by atoms with van der Waals surface area (Å²) in [7, 11) is 1.64. The highest BCUT2D eigenvalue weighted by Crippen LogP contribution is 2.12. The van der Waals surface area contributed by atoms with E-state index in [9.17, 15) is 4.79 Å². The lowest BCUT2D eigenvalue weighted by molar-refractivity contribution is -0.118. The molecule has 0 aliphatic rings. The monoisotopic (exact) mass is 233 g/mol. The van der Waals surface area contributed by atoms with Gasteiger partial charge in [0, 0.05) is 13.0 Å². The standard InChI is InChI=1S/C14H19NO2/c1-3-10-15-11-13(16)7-4-12-5-8-14(17-2)9-6-12/h3,5-6,8-9,15H,1,4,7,10-11H2,2H3. The Bertz CT molecular complexity index is 357. The lowest BCUT2D eigenvalue weighted by Gasteiger charge is -2.04. The fourth-order valence-corrected chi connectivity index (χ4v) is 1.48. The molecule has 0 amide bonds. The van der Waals surface area contributed by atoms with Crippen molar-refractivity contribution in [1.29, 1.82) is 0 Å². The lowest BCUT2D eigenvalue weighted by Crippen LogP contribution is -2.23. The van der Waals surface area contributed by atoms with Gasteiger partial charge in [-0.15, -0.1) is 6.58 Å². The van der Waals surface area contributed by atoms with Crippen LogP contribution in [0, 0.1) is 0 Å². The van der Waals surface area contributed by atoms with E-state index in [1.165, 1.54) is 0 Å². The minimum atomic E-state index is 0.225. The number of ether oxygens (including phenoxy) is 1. The fraction of sp³-hybridized carbons (Fsp3) is 0.357. The minimum Gasteiger partial charge on any atom is -0.497 e. The van der Waals surface area contributed by atoms with Crippen LogP contribution in [0.5, 0.6) is 5.75 Å². The molecule has 1 N–H and O–H groups in total. The van der Waals surface area contributed by atoms with Crippen LogP contribution in [0.3, 0.4) is 0 Å². The van der Waals surface area contributed by atoms with Crippen LogP contribution in [-0.4, -0.2) is 26.0 Å². The van der Waals surface area contributed by atoms with E-state index in [-0.39, 0.29) is 5.78 Å². The number of benzene rings is 1. The van der Waals surface area contributed by atoms with Crippen LogP contribution in [0.2, 0.25) is 0 Å². The molecular weight excluding hydrogens is 214 g/mol. The molecule has 0 unspecified atom stereocenters. The van der Waals surface area contributed by atoms with Crippen molar-refractivity contribution in [1.82, 2.24) is 5.32 Å². The van der Waals surface area contributed by atoms with Crippen molar-refractivity contribution in [2.45, 2.75) is 12.8 Å². The summed E-state index contributed by atoms with van der Waals surface area (Å²) in [6.07, 6.45) is 3.09. The van der Waals surface area contributed by atoms with Gasteiger partial charge in [-0.3, -0.25) is 4.79 Å². The van der Waals surface area contributed by atoms with Crippen molar-refractivity contribution < 1.29 is 9.53 Å². The van der Waals surface area contributed by atoms with Crippen LogP contribution >= 0.6 is 0 Å². The van der Waals surface area contributed by atoms with E-state index in [0.717, 1.165) is 17.7 Å². The number of Topliss-reactive ketones (excluding diaryl/α,β-unsaturated/α-hetero) is 1. The summed E-state index contributed by atoms with van der Waals surface area (Å²) in [5.41, 5.74) is 1.16. The van der Waals surface area contributed by atoms with Crippen molar-refractivity contribution in [3.63, 3.8) is 0 Å². The number of carbonyl (C=O) groups is 1. The summed E-state index contributed by atoms with van der Waals surface area (Å²) in [4.78, 5) is 11.5. The molecule has 1 rings (SSSR count). The molecular formula is C14H19NO2. The molecule has 0 saturated heterocycles. The molecule has 17 heavy (non-hydrogen) atoms. The minimum absolute atomic E-state index is 0.225. The Kier molecular flexibility index (Phi) is 6.04. The molecule has 92 valence electrons. The third kappa shape index (κ3) is 5.31. The largest absolute Gasteiger partial charge is 0.497 e. The SMILES string of the molecule is C=CCNCC(=O)CCc1ccc(OC)cc1. The zero-order chi connectivity index (χ0) is 12.5. The highest BCUT2D eigenvalue weighted by atomic mass is 16.5. The molecule has 3 nitrogen and oxygen atoms in total. The van der Waals surface area contributed by atoms with E-state index in [0.29, 0.717) is 19.5 Å². The van der Waals surface area contributed by atoms with Gasteiger partial charge in [0.1, 0.15) is 11.5 Å². The average Bonchev–Trinajstić information content (AvgIpc) is 2.37. The highest BCUT2D eigenvalue weighted by Gasteiger charge is 2.02. The maximum Gasteiger partial charge on any atom is 0.146 e. The Balaban J connectivity index is 2.29. The first-order valence-corrected chi connectivity index (χ1v) is 5.72. The summed E-state index contributed by atoms with van der Waals surface area (Å²) < 4.78 is 5.07. The molecule has 0 heterocycles. The molecule has 0 saturated carbocycles. The number of ketones is 1. The number of aryl methyl sites for hydroxylation is 1. The molecule has 0 aliphatic carbocycles. The fourth-order valence-electron chi connectivity index (χ4n) is 1.48. The van der Waals surface area contributed by atoms with Gasteiger partial charge in [-0.25, -0.2) is 0 Å². The third-order valence-electron chi connectivity index (χ3n) is 2.46. The Labute approximate surface area is 102 Å². The average molecular weight is 233 g/mol. The van der Waals surface area contributed by atoms with E-state index in [4.69, 9.17) is 4.74 Å². The molecule has 0 atom stereocenters. The Hall–Kier alpha value is -1.61. The van der Waals surface area contributed by atoms with Crippen LogP contribution in [0.25, 0.3) is 0 Å². The molecule has 0 fully saturated rings. The first kappa shape index (κ1) is 13.5. The van der Waals surface area contributed by atoms with Gasteiger partial charge in [0.25, 0.3) is 0 Å². The Morgan fingerprint density at radius 3 is 2.71 bits per heavy atom. The summed E-state index contributed by atoms with van der Waals surface area (Å²) in [5, 5.41) is 3.00. The second-order valence-corrected chi connectivity index (χ2v) is 3.81. The summed E-state index contributed by atoms with van der Waals surface area (Å²) in [6.45, 7) is 4.68. The maximum atomic E-state index is 11.5. The second-order valence-electron chi connectivity index (χ2n) is 3.81. The van der Waals surface area contributed by atoms with Crippen LogP contribution in [0.4, 0.5) is 0 Å². The molecule has 0 spiro atoms. The van der Waals surface area contributed by atoms with E-state index in [1.807, 2.05) is 24.3 Å². The van der Waals surface area contributed by atoms with Crippen LogP contribution < -0.4 is 10.1 Å². The van der Waals surface area contributed by atoms with Gasteiger partial charge < -0.3 is 10.1 Å². The van der Waals surface area contributed by atoms with Gasteiger partial charge in [-0.2, -0.15) is 0 Å². The number of nitrogens with one attached hydrogen (secondary N) is 1. The lowest BCUT2D eigenvalue weighted by atomic mass is 10.1. The normalized spacial score (nSPS) is 9.94. The molecule has 1 aromatic carbocycles. The van der Waals surface area contributed by atoms with Crippen LogP contribution in [0.1, 0.15) is 12.0 Å². The smallest absolute Gasteiger partial charge is 0.146 e. The van der Waals surface area contributed by atoms with Gasteiger partial charge in [-0.05, 0) is 24.1 Å². The van der Waals surface area contributed by atoms with E-state index < -0.39 is 0 Å². The summed E-state index contributed by atoms with van der Waals surface area (Å²) in [6, 6.07) is 7.80. The molecule has 0 radical (unpaired) electrons. The molecule has 0 aliphatic heterocycles. The molecule has 3 heteroatoms. The van der Waals surface area contributed by atoms with Crippen molar-refractivity contribution in [3.8, 4) is 5.75 Å². The summed E-state index contributed by atoms with van der Waals surface area (Å²) >= 11 is 0. The van der Waals surface area contributed by atoms with Crippen LogP contribution in [0.15, 0.2) is 36.9 Å². The number of hydrogen-bond acceptors (Lipinski definition) is 3. The molecule has 0 bridgehead atoms. The third-order valence-corrected chi connectivity index (χ3v) is 2.46. The quantitative estimate of drug-likeness (QED) is 0.551. The van der Waals surface area contributed by atoms with Crippen molar-refractivity contribution in [2.24, 2.45) is 0 Å². The Morgan fingerprint density at radius 1 is 1.41 bits per heavy atom. The van der Waals surface area contributed by atoms with Gasteiger partial charge in [-0.1, -0.05) is 18.2 Å². The number of methoxy groups -OCH3 is 1. The van der Waals surface area contributed by atoms with Crippen molar-refractivity contribution in [2.75, 3.05) is 20.2 Å². The zero-order valence-corrected chi connectivity index (χ0v) is 10.2. The zero-order valence-electron chi connectivity index (χ0n) is 10.2. The van der Waals surface area contributed by atoms with Gasteiger partial charge in [0.2, 0.25) is 0 Å². The van der Waals surface area contributed by atoms with Gasteiger partial charge in [0.15, 0.2) is 0 Å². The first-order chi connectivity index (χ1) is 8.26. The second kappa shape index (κ2) is 7.63. The number of carbonyl (C=O) groups excluding carboxylic acids is 1.